The standard InChI is InChI=1S/C27H27N5O4S/c1-18(20-5-3-2-4-6-20)36-25-23(35-17-19-9-13-34-14-10-19)15-22(16-29-25)24(33)30-27-32-31-26(37-27)21-7-11-28-12-8-21/h2-8,11-12,15-16,18-19H,9-10,13-14,17H2,1H3,(H,30,32,33)/t18-/m0/s1. The van der Waals surface area contributed by atoms with E-state index in [1.165, 1.54) is 17.5 Å². The van der Waals surface area contributed by atoms with E-state index < -0.39 is 0 Å². The molecule has 1 amide bonds. The summed E-state index contributed by atoms with van der Waals surface area (Å²) in [6.45, 7) is 3.91. The van der Waals surface area contributed by atoms with E-state index in [2.05, 4.69) is 25.5 Å². The summed E-state index contributed by atoms with van der Waals surface area (Å²) < 4.78 is 17.8. The third-order valence-corrected chi connectivity index (χ3v) is 6.91. The van der Waals surface area contributed by atoms with Gasteiger partial charge >= 0.3 is 0 Å². The van der Waals surface area contributed by atoms with Gasteiger partial charge in [-0.15, -0.1) is 10.2 Å². The van der Waals surface area contributed by atoms with Crippen LogP contribution < -0.4 is 14.8 Å². The number of nitrogens with zero attached hydrogens (tertiary/aromatic N) is 4. The smallest absolute Gasteiger partial charge is 0.259 e. The first-order valence-corrected chi connectivity index (χ1v) is 12.9. The van der Waals surface area contributed by atoms with Crippen LogP contribution in [0.3, 0.4) is 0 Å². The van der Waals surface area contributed by atoms with Gasteiger partial charge in [-0.1, -0.05) is 41.7 Å². The summed E-state index contributed by atoms with van der Waals surface area (Å²) in [4.78, 5) is 21.5. The molecule has 1 aromatic carbocycles. The van der Waals surface area contributed by atoms with Crippen molar-refractivity contribution in [1.82, 2.24) is 20.2 Å². The fourth-order valence-electron chi connectivity index (χ4n) is 3.88. The van der Waals surface area contributed by atoms with Crippen LogP contribution in [0, 0.1) is 5.92 Å². The second-order valence-electron chi connectivity index (χ2n) is 8.67. The van der Waals surface area contributed by atoms with Crippen molar-refractivity contribution in [1.29, 1.82) is 0 Å². The Morgan fingerprint density at radius 1 is 1.14 bits per heavy atom. The summed E-state index contributed by atoms with van der Waals surface area (Å²) in [5.41, 5.74) is 2.23. The summed E-state index contributed by atoms with van der Waals surface area (Å²) in [5, 5.41) is 12.1. The van der Waals surface area contributed by atoms with Gasteiger partial charge in [-0.3, -0.25) is 15.1 Å². The van der Waals surface area contributed by atoms with Crippen LogP contribution in [0.1, 0.15) is 41.8 Å². The maximum atomic E-state index is 13.0. The molecule has 1 aliphatic rings. The molecular weight excluding hydrogens is 490 g/mol. The van der Waals surface area contributed by atoms with Crippen LogP contribution in [0.2, 0.25) is 0 Å². The quantitative estimate of drug-likeness (QED) is 0.323. The molecule has 3 aromatic heterocycles. The molecule has 0 spiro atoms. The van der Waals surface area contributed by atoms with E-state index in [4.69, 9.17) is 14.2 Å². The molecule has 1 fully saturated rings. The van der Waals surface area contributed by atoms with Crippen LogP contribution in [0.25, 0.3) is 10.6 Å². The van der Waals surface area contributed by atoms with Gasteiger partial charge in [0.25, 0.3) is 11.8 Å². The van der Waals surface area contributed by atoms with Gasteiger partial charge in [0.2, 0.25) is 5.13 Å². The molecule has 5 rings (SSSR count). The number of benzene rings is 1. The normalized spacial score (nSPS) is 14.6. The molecule has 4 aromatic rings. The molecule has 1 saturated heterocycles. The van der Waals surface area contributed by atoms with E-state index in [1.54, 1.807) is 18.5 Å². The molecular formula is C27H27N5O4S. The number of carbonyl (C=O) groups is 1. The Labute approximate surface area is 218 Å². The molecule has 0 aliphatic carbocycles. The van der Waals surface area contributed by atoms with Crippen LogP contribution in [0.4, 0.5) is 5.13 Å². The van der Waals surface area contributed by atoms with Gasteiger partial charge in [-0.2, -0.15) is 0 Å². The highest BCUT2D eigenvalue weighted by molar-refractivity contribution is 7.18. The minimum absolute atomic E-state index is 0.244. The Bertz CT molecular complexity index is 1310. The van der Waals surface area contributed by atoms with Gasteiger partial charge in [-0.25, -0.2) is 4.98 Å². The van der Waals surface area contributed by atoms with Crippen molar-refractivity contribution in [3.8, 4) is 22.2 Å². The Hall–Kier alpha value is -3.89. The summed E-state index contributed by atoms with van der Waals surface area (Å²) >= 11 is 1.28. The van der Waals surface area contributed by atoms with E-state index in [0.717, 1.165) is 37.2 Å². The van der Waals surface area contributed by atoms with E-state index in [0.29, 0.717) is 39.9 Å². The fourth-order valence-corrected chi connectivity index (χ4v) is 4.63. The molecule has 1 aliphatic heterocycles. The van der Waals surface area contributed by atoms with Gasteiger partial charge in [0, 0.05) is 43.4 Å². The molecule has 10 heteroatoms. The van der Waals surface area contributed by atoms with Gasteiger partial charge in [0.1, 0.15) is 11.1 Å². The average molecular weight is 518 g/mol. The zero-order chi connectivity index (χ0) is 25.5. The monoisotopic (exact) mass is 517 g/mol. The lowest BCUT2D eigenvalue weighted by Gasteiger charge is -2.23. The zero-order valence-electron chi connectivity index (χ0n) is 20.4. The fraction of sp³-hybridized carbons (Fsp3) is 0.296. The number of anilines is 1. The van der Waals surface area contributed by atoms with E-state index in [-0.39, 0.29) is 12.0 Å². The lowest BCUT2D eigenvalue weighted by Crippen LogP contribution is -2.22. The van der Waals surface area contributed by atoms with Crippen LogP contribution in [0.5, 0.6) is 11.6 Å². The van der Waals surface area contributed by atoms with Crippen molar-refractivity contribution < 1.29 is 19.0 Å². The highest BCUT2D eigenvalue weighted by atomic mass is 32.1. The Morgan fingerprint density at radius 3 is 2.70 bits per heavy atom. The van der Waals surface area contributed by atoms with Crippen molar-refractivity contribution in [2.24, 2.45) is 5.92 Å². The molecule has 9 nitrogen and oxygen atoms in total. The van der Waals surface area contributed by atoms with E-state index in [9.17, 15) is 4.79 Å². The average Bonchev–Trinajstić information content (AvgIpc) is 3.42. The lowest BCUT2D eigenvalue weighted by molar-refractivity contribution is 0.0488. The molecule has 1 N–H and O–H groups in total. The molecule has 190 valence electrons. The third-order valence-electron chi connectivity index (χ3n) is 6.03. The minimum atomic E-state index is -0.358. The number of rotatable bonds is 9. The summed E-state index contributed by atoms with van der Waals surface area (Å²) in [7, 11) is 0. The first kappa shape index (κ1) is 24.8. The topological polar surface area (TPSA) is 108 Å². The maximum Gasteiger partial charge on any atom is 0.259 e. The predicted molar refractivity (Wildman–Crippen MR) is 140 cm³/mol. The summed E-state index contributed by atoms with van der Waals surface area (Å²) in [6, 6.07) is 15.2. The van der Waals surface area contributed by atoms with Gasteiger partial charge in [0.15, 0.2) is 5.75 Å². The number of ether oxygens (including phenoxy) is 3. The Morgan fingerprint density at radius 2 is 1.92 bits per heavy atom. The van der Waals surface area contributed by atoms with Crippen molar-refractivity contribution in [2.45, 2.75) is 25.9 Å². The molecule has 4 heterocycles. The van der Waals surface area contributed by atoms with Crippen LogP contribution in [0.15, 0.2) is 67.1 Å². The Kier molecular flexibility index (Phi) is 7.97. The molecule has 0 bridgehead atoms. The predicted octanol–water partition coefficient (Wildman–Crippen LogP) is 5.19. The number of carbonyl (C=O) groups excluding carboxylic acids is 1. The number of nitrogens with one attached hydrogen (secondary N) is 1. The number of amides is 1. The molecule has 0 saturated carbocycles. The summed E-state index contributed by atoms with van der Waals surface area (Å²) in [5.74, 6) is 0.787. The number of hydrogen-bond donors (Lipinski definition) is 1. The minimum Gasteiger partial charge on any atom is -0.488 e. The molecule has 0 unspecified atom stereocenters. The van der Waals surface area contributed by atoms with Crippen LogP contribution >= 0.6 is 11.3 Å². The number of hydrogen-bond acceptors (Lipinski definition) is 9. The SMILES string of the molecule is C[C@H](Oc1ncc(C(=O)Nc2nnc(-c3ccncc3)s2)cc1OCC1CCOCC1)c1ccccc1. The van der Waals surface area contributed by atoms with Gasteiger partial charge in [-0.05, 0) is 43.4 Å². The zero-order valence-corrected chi connectivity index (χ0v) is 21.2. The second-order valence-corrected chi connectivity index (χ2v) is 9.64. The highest BCUT2D eigenvalue weighted by Crippen LogP contribution is 2.32. The second kappa shape index (κ2) is 11.9. The van der Waals surface area contributed by atoms with Gasteiger partial charge < -0.3 is 14.2 Å². The molecule has 1 atom stereocenters. The largest absolute Gasteiger partial charge is 0.488 e. The Balaban J connectivity index is 1.33. The molecule has 37 heavy (non-hydrogen) atoms. The third kappa shape index (κ3) is 6.46. The summed E-state index contributed by atoms with van der Waals surface area (Å²) in [6.07, 6.45) is 6.47. The number of aromatic nitrogens is 4. The number of pyridine rings is 2. The van der Waals surface area contributed by atoms with E-state index >= 15 is 0 Å². The first-order chi connectivity index (χ1) is 18.2. The van der Waals surface area contributed by atoms with Gasteiger partial charge in [0.05, 0.1) is 12.2 Å². The van der Waals surface area contributed by atoms with Crippen molar-refractivity contribution >= 4 is 22.4 Å². The van der Waals surface area contributed by atoms with Crippen molar-refractivity contribution in [3.05, 3.63) is 78.2 Å². The maximum absolute atomic E-state index is 13.0. The lowest BCUT2D eigenvalue weighted by atomic mass is 10.0. The van der Waals surface area contributed by atoms with E-state index in [1.807, 2.05) is 49.4 Å². The first-order valence-electron chi connectivity index (χ1n) is 12.1. The van der Waals surface area contributed by atoms with Crippen LogP contribution in [-0.2, 0) is 4.74 Å². The molecule has 0 radical (unpaired) electrons. The van der Waals surface area contributed by atoms with Crippen LogP contribution in [-0.4, -0.2) is 45.9 Å². The highest BCUT2D eigenvalue weighted by Gasteiger charge is 2.20. The van der Waals surface area contributed by atoms with Crippen molar-refractivity contribution in [3.63, 3.8) is 0 Å². The van der Waals surface area contributed by atoms with Crippen molar-refractivity contribution in [2.75, 3.05) is 25.1 Å².